The quantitative estimate of drug-likeness (QED) is 0.236. The smallest absolute Gasteiger partial charge is 0.204 e. The van der Waals surface area contributed by atoms with Gasteiger partial charge >= 0.3 is 0 Å². The molecule has 1 N–H and O–H groups in total. The molecule has 173 valence electrons. The molecular weight excluding hydrogens is 586 g/mol. The van der Waals surface area contributed by atoms with Gasteiger partial charge in [-0.2, -0.15) is 0 Å². The van der Waals surface area contributed by atoms with E-state index in [0.29, 0.717) is 17.2 Å². The maximum Gasteiger partial charge on any atom is 0.204 e. The summed E-state index contributed by atoms with van der Waals surface area (Å²) in [6.45, 7) is 7.01. The largest absolute Gasteiger partial charge is 0.512 e. The van der Waals surface area contributed by atoms with Gasteiger partial charge < -0.3 is 19.3 Å². The second-order valence-corrected chi connectivity index (χ2v) is 7.02. The maximum atomic E-state index is 10.0. The number of benzene rings is 2. The first kappa shape index (κ1) is 27.1. The minimum Gasteiger partial charge on any atom is -0.512 e. The predicted molar refractivity (Wildman–Crippen MR) is 122 cm³/mol. The van der Waals surface area contributed by atoms with Crippen molar-refractivity contribution in [1.82, 2.24) is 4.98 Å². The molecule has 0 bridgehead atoms. The van der Waals surface area contributed by atoms with E-state index in [0.717, 1.165) is 22.2 Å². The topological polar surface area (TPSA) is 77.9 Å². The Hall–Kier alpha value is -2.89. The molecule has 0 unspecified atom stereocenters. The number of aryl methyl sites for hydroxylation is 2. The van der Waals surface area contributed by atoms with E-state index >= 15 is 0 Å². The van der Waals surface area contributed by atoms with Crippen LogP contribution >= 0.6 is 0 Å². The Balaban J connectivity index is 0.000000558. The first-order valence-corrected chi connectivity index (χ1v) is 9.68. The number of ether oxygens (including phenoxy) is 3. The summed E-state index contributed by atoms with van der Waals surface area (Å²) in [7, 11) is 4.81. The first-order chi connectivity index (χ1) is 14.7. The average molecular weight is 615 g/mol. The molecule has 0 aliphatic heterocycles. The summed E-state index contributed by atoms with van der Waals surface area (Å²) in [6, 6.07) is 13.2. The fraction of sp³-hybridized carbons (Fsp3) is 0.280. The number of allylic oxidation sites excluding steroid dienone is 2. The Morgan fingerprint density at radius 3 is 2.12 bits per heavy atom. The van der Waals surface area contributed by atoms with Crippen LogP contribution in [0.1, 0.15) is 25.0 Å². The molecule has 0 fully saturated rings. The number of carbonyl (C=O) groups is 1. The zero-order valence-electron chi connectivity index (χ0n) is 19.3. The maximum absolute atomic E-state index is 10.0. The van der Waals surface area contributed by atoms with Crippen LogP contribution in [0.4, 0.5) is 0 Å². The Morgan fingerprint density at radius 2 is 1.66 bits per heavy atom. The molecule has 3 aromatic rings. The standard InChI is InChI=1S/C20H20NO3.C5H8O2.Ir/c1-12-6-7-14(10-13(12)2)16-9-8-15-17(21-16)11-18(22-3)20(24-5)19(15)23-4;1-4(6)3-5(2)7;/h6,8-11H,1-5H3;3,6H,1-2H3;/q-1;;/b;4-3-;. The molecule has 0 aliphatic carbocycles. The second-order valence-electron chi connectivity index (χ2n) is 7.02. The fourth-order valence-electron chi connectivity index (χ4n) is 3.01. The van der Waals surface area contributed by atoms with Gasteiger partial charge in [0.25, 0.3) is 0 Å². The van der Waals surface area contributed by atoms with Crippen molar-refractivity contribution in [3.63, 3.8) is 0 Å². The minimum atomic E-state index is -0.125. The van der Waals surface area contributed by atoms with E-state index < -0.39 is 0 Å². The van der Waals surface area contributed by atoms with Crippen LogP contribution < -0.4 is 14.2 Å². The minimum absolute atomic E-state index is 0. The van der Waals surface area contributed by atoms with E-state index in [1.54, 1.807) is 21.3 Å². The van der Waals surface area contributed by atoms with E-state index in [2.05, 4.69) is 26.0 Å². The van der Waals surface area contributed by atoms with Gasteiger partial charge in [0.2, 0.25) is 5.75 Å². The SMILES string of the molecule is CC(=O)/C=C(/C)O.COc1cc2nc(-c3[c-]cc(C)c(C)c3)ccc2c(OC)c1OC.[Ir]. The van der Waals surface area contributed by atoms with Crippen LogP contribution in [0.25, 0.3) is 22.2 Å². The van der Waals surface area contributed by atoms with Crippen LogP contribution in [0.15, 0.2) is 42.2 Å². The van der Waals surface area contributed by atoms with E-state index in [1.165, 1.54) is 31.1 Å². The molecule has 0 aliphatic rings. The molecular formula is C25H28IrNO5-. The summed E-state index contributed by atoms with van der Waals surface area (Å²) in [5.74, 6) is 1.72. The Kier molecular flexibility index (Phi) is 10.4. The van der Waals surface area contributed by atoms with Crippen molar-refractivity contribution in [1.29, 1.82) is 0 Å². The van der Waals surface area contributed by atoms with Gasteiger partial charge in [0.1, 0.15) is 0 Å². The third kappa shape index (κ3) is 6.55. The van der Waals surface area contributed by atoms with Gasteiger partial charge in [-0.3, -0.25) is 9.78 Å². The number of nitrogens with zero attached hydrogens (tertiary/aromatic N) is 1. The zero-order chi connectivity index (χ0) is 23.1. The number of aromatic nitrogens is 1. The number of rotatable bonds is 5. The molecule has 1 aromatic heterocycles. The third-order valence-electron chi connectivity index (χ3n) is 4.61. The average Bonchev–Trinajstić information content (AvgIpc) is 2.73. The molecule has 1 heterocycles. The number of pyridine rings is 1. The number of aliphatic hydroxyl groups is 1. The molecule has 0 atom stereocenters. The van der Waals surface area contributed by atoms with Crippen molar-refractivity contribution < 1.29 is 44.2 Å². The van der Waals surface area contributed by atoms with Gasteiger partial charge in [0.15, 0.2) is 17.3 Å². The van der Waals surface area contributed by atoms with E-state index in [9.17, 15) is 4.79 Å². The number of ketones is 1. The van der Waals surface area contributed by atoms with Crippen LogP contribution in [0.5, 0.6) is 17.2 Å². The van der Waals surface area contributed by atoms with Crippen LogP contribution in [0, 0.1) is 19.9 Å². The van der Waals surface area contributed by atoms with E-state index in [4.69, 9.17) is 24.3 Å². The Bertz CT molecular complexity index is 1120. The Morgan fingerprint density at radius 1 is 1.00 bits per heavy atom. The molecule has 6 nitrogen and oxygen atoms in total. The van der Waals surface area contributed by atoms with Crippen molar-refractivity contribution in [3.8, 4) is 28.5 Å². The van der Waals surface area contributed by atoms with Gasteiger partial charge in [-0.05, 0) is 19.5 Å². The number of hydrogen-bond donors (Lipinski definition) is 1. The summed E-state index contributed by atoms with van der Waals surface area (Å²) in [5, 5.41) is 9.24. The van der Waals surface area contributed by atoms with Crippen molar-refractivity contribution >= 4 is 16.7 Å². The normalized spacial score (nSPS) is 10.5. The van der Waals surface area contributed by atoms with Gasteiger partial charge in [-0.25, -0.2) is 0 Å². The van der Waals surface area contributed by atoms with Crippen molar-refractivity contribution in [2.45, 2.75) is 27.7 Å². The summed E-state index contributed by atoms with van der Waals surface area (Å²) < 4.78 is 16.4. The van der Waals surface area contributed by atoms with Gasteiger partial charge in [-0.15, -0.1) is 34.9 Å². The van der Waals surface area contributed by atoms with Crippen molar-refractivity contribution in [3.05, 3.63) is 59.4 Å². The number of fused-ring (bicyclic) bond motifs is 1. The Labute approximate surface area is 202 Å². The third-order valence-corrected chi connectivity index (χ3v) is 4.61. The van der Waals surface area contributed by atoms with Gasteiger partial charge in [0.05, 0.1) is 32.6 Å². The monoisotopic (exact) mass is 615 g/mol. The zero-order valence-corrected chi connectivity index (χ0v) is 21.7. The van der Waals surface area contributed by atoms with Gasteiger partial charge in [0, 0.05) is 37.6 Å². The van der Waals surface area contributed by atoms with Crippen molar-refractivity contribution in [2.24, 2.45) is 0 Å². The fourth-order valence-corrected chi connectivity index (χ4v) is 3.01. The van der Waals surface area contributed by atoms with E-state index in [1.807, 2.05) is 24.3 Å². The van der Waals surface area contributed by atoms with Crippen LogP contribution in [0.3, 0.4) is 0 Å². The number of methoxy groups -OCH3 is 3. The number of hydrogen-bond acceptors (Lipinski definition) is 6. The summed E-state index contributed by atoms with van der Waals surface area (Å²) in [6.07, 6.45) is 1.17. The van der Waals surface area contributed by atoms with Gasteiger partial charge in [-0.1, -0.05) is 26.0 Å². The summed E-state index contributed by atoms with van der Waals surface area (Å²) in [4.78, 5) is 14.8. The van der Waals surface area contributed by atoms with Crippen LogP contribution in [-0.4, -0.2) is 37.2 Å². The van der Waals surface area contributed by atoms with Crippen molar-refractivity contribution in [2.75, 3.05) is 21.3 Å². The molecule has 0 saturated heterocycles. The molecule has 32 heavy (non-hydrogen) atoms. The van der Waals surface area contributed by atoms with E-state index in [-0.39, 0.29) is 31.6 Å². The molecule has 3 rings (SSSR count). The molecule has 0 amide bonds. The second kappa shape index (κ2) is 12.2. The summed E-state index contributed by atoms with van der Waals surface area (Å²) in [5.41, 5.74) is 5.05. The first-order valence-electron chi connectivity index (χ1n) is 9.68. The predicted octanol–water partition coefficient (Wildman–Crippen LogP) is 5.38. The number of aliphatic hydroxyl groups excluding tert-OH is 1. The summed E-state index contributed by atoms with van der Waals surface area (Å²) >= 11 is 0. The molecule has 0 spiro atoms. The molecule has 7 heteroatoms. The number of carbonyl (C=O) groups excluding carboxylic acids is 1. The van der Waals surface area contributed by atoms with Crippen LogP contribution in [0.2, 0.25) is 0 Å². The molecule has 2 aromatic carbocycles. The molecule has 1 radical (unpaired) electrons. The van der Waals surface area contributed by atoms with Crippen LogP contribution in [-0.2, 0) is 24.9 Å². The molecule has 0 saturated carbocycles.